The number of aromatic nitrogens is 1. The Hall–Kier alpha value is -2.37. The fraction of sp³-hybridized carbons (Fsp3) is 0.250. The van der Waals surface area contributed by atoms with Crippen LogP contribution in [-0.4, -0.2) is 24.2 Å². The van der Waals surface area contributed by atoms with Crippen molar-refractivity contribution in [1.82, 2.24) is 5.16 Å². The van der Waals surface area contributed by atoms with Crippen LogP contribution >= 0.6 is 0 Å². The summed E-state index contributed by atoms with van der Waals surface area (Å²) in [5, 5.41) is 4.37. The van der Waals surface area contributed by atoms with Gasteiger partial charge in [-0.2, -0.15) is 0 Å². The van der Waals surface area contributed by atoms with E-state index in [1.165, 1.54) is 14.0 Å². The summed E-state index contributed by atoms with van der Waals surface area (Å²) in [5.74, 6) is -1.30. The van der Waals surface area contributed by atoms with Gasteiger partial charge in [0.2, 0.25) is 6.10 Å². The Balaban J connectivity index is 2.47. The van der Waals surface area contributed by atoms with Crippen LogP contribution in [0.2, 0.25) is 0 Å². The molecule has 0 fully saturated rings. The van der Waals surface area contributed by atoms with Crippen molar-refractivity contribution in [1.29, 1.82) is 0 Å². The van der Waals surface area contributed by atoms with E-state index in [1.807, 2.05) is 0 Å². The molecule has 0 saturated heterocycles. The highest BCUT2D eigenvalue weighted by Crippen LogP contribution is 2.26. The number of ether oxygens (including phenoxy) is 2. The lowest BCUT2D eigenvalue weighted by Crippen LogP contribution is -2.20. The summed E-state index contributed by atoms with van der Waals surface area (Å²) in [6.45, 7) is 1.21. The predicted molar refractivity (Wildman–Crippen MR) is 60.5 cm³/mol. The summed E-state index contributed by atoms with van der Waals surface area (Å²) in [5.41, 5.74) is 0.737. The smallest absolute Gasteiger partial charge is 0.353 e. The fourth-order valence-corrected chi connectivity index (χ4v) is 1.58. The first-order valence-electron chi connectivity index (χ1n) is 5.23. The number of methoxy groups -OCH3 is 1. The first-order valence-corrected chi connectivity index (χ1v) is 5.23. The van der Waals surface area contributed by atoms with Gasteiger partial charge < -0.3 is 14.0 Å². The van der Waals surface area contributed by atoms with E-state index in [0.29, 0.717) is 11.0 Å². The Kier molecular flexibility index (Phi) is 3.27. The largest absolute Gasteiger partial charge is 0.466 e. The zero-order valence-corrected chi connectivity index (χ0v) is 9.88. The molecule has 1 aromatic carbocycles. The summed E-state index contributed by atoms with van der Waals surface area (Å²) < 4.78 is 14.6. The molecule has 1 atom stereocenters. The summed E-state index contributed by atoms with van der Waals surface area (Å²) in [6.07, 6.45) is -1.21. The second-order valence-electron chi connectivity index (χ2n) is 3.58. The van der Waals surface area contributed by atoms with Crippen molar-refractivity contribution in [2.24, 2.45) is 0 Å². The van der Waals surface area contributed by atoms with E-state index in [9.17, 15) is 9.59 Å². The lowest BCUT2D eigenvalue weighted by Gasteiger charge is -2.11. The number of benzene rings is 1. The second kappa shape index (κ2) is 4.87. The molecule has 0 bridgehead atoms. The molecule has 2 rings (SSSR count). The molecular formula is C12H11NO5. The zero-order valence-electron chi connectivity index (χ0n) is 9.88. The van der Waals surface area contributed by atoms with E-state index in [2.05, 4.69) is 9.89 Å². The summed E-state index contributed by atoms with van der Waals surface area (Å²) in [4.78, 5) is 22.6. The van der Waals surface area contributed by atoms with Crippen molar-refractivity contribution in [3.05, 3.63) is 30.0 Å². The van der Waals surface area contributed by atoms with Gasteiger partial charge >= 0.3 is 11.9 Å². The Morgan fingerprint density at radius 1 is 1.33 bits per heavy atom. The van der Waals surface area contributed by atoms with Crippen LogP contribution in [0.15, 0.2) is 28.8 Å². The van der Waals surface area contributed by atoms with Crippen molar-refractivity contribution >= 4 is 22.9 Å². The van der Waals surface area contributed by atoms with Crippen LogP contribution in [0.25, 0.3) is 11.0 Å². The van der Waals surface area contributed by atoms with Gasteiger partial charge in [0.25, 0.3) is 0 Å². The maximum atomic E-state index is 11.6. The van der Waals surface area contributed by atoms with Crippen LogP contribution in [0.5, 0.6) is 0 Å². The van der Waals surface area contributed by atoms with E-state index in [1.54, 1.807) is 24.3 Å². The Labute approximate surface area is 102 Å². The van der Waals surface area contributed by atoms with E-state index in [4.69, 9.17) is 9.26 Å². The quantitative estimate of drug-likeness (QED) is 0.769. The van der Waals surface area contributed by atoms with Crippen LogP contribution in [0.1, 0.15) is 18.7 Å². The summed E-state index contributed by atoms with van der Waals surface area (Å²) in [7, 11) is 1.21. The number of esters is 2. The van der Waals surface area contributed by atoms with Gasteiger partial charge in [0.1, 0.15) is 5.69 Å². The molecule has 0 aliphatic heterocycles. The van der Waals surface area contributed by atoms with Crippen molar-refractivity contribution in [3.63, 3.8) is 0 Å². The van der Waals surface area contributed by atoms with Gasteiger partial charge in [-0.3, -0.25) is 4.79 Å². The topological polar surface area (TPSA) is 78.6 Å². The molecular weight excluding hydrogens is 238 g/mol. The number of fused-ring (bicyclic) bond motifs is 1. The van der Waals surface area contributed by atoms with Gasteiger partial charge in [0.15, 0.2) is 5.58 Å². The Bertz CT molecular complexity index is 589. The van der Waals surface area contributed by atoms with Gasteiger partial charge in [0.05, 0.1) is 7.11 Å². The molecule has 6 nitrogen and oxygen atoms in total. The molecule has 18 heavy (non-hydrogen) atoms. The van der Waals surface area contributed by atoms with Crippen molar-refractivity contribution < 1.29 is 23.6 Å². The zero-order chi connectivity index (χ0) is 13.1. The molecule has 0 saturated carbocycles. The SMILES string of the molecule is COC(=O)C(OC(C)=O)c1noc2ccccc12. The normalized spacial score (nSPS) is 12.1. The van der Waals surface area contributed by atoms with E-state index >= 15 is 0 Å². The lowest BCUT2D eigenvalue weighted by molar-refractivity contribution is -0.165. The average molecular weight is 249 g/mol. The highest BCUT2D eigenvalue weighted by Gasteiger charge is 2.30. The number of carbonyl (C=O) groups excluding carboxylic acids is 2. The molecule has 0 aliphatic rings. The first-order chi connectivity index (χ1) is 8.63. The predicted octanol–water partition coefficient (Wildman–Crippen LogP) is 1.60. The van der Waals surface area contributed by atoms with Gasteiger partial charge in [0, 0.05) is 12.3 Å². The van der Waals surface area contributed by atoms with Crippen LogP contribution in [0.4, 0.5) is 0 Å². The van der Waals surface area contributed by atoms with Crippen molar-refractivity contribution in [2.45, 2.75) is 13.0 Å². The number of para-hydroxylation sites is 1. The molecule has 1 aromatic heterocycles. The molecule has 0 N–H and O–H groups in total. The van der Waals surface area contributed by atoms with Gasteiger partial charge in [-0.05, 0) is 12.1 Å². The van der Waals surface area contributed by atoms with E-state index in [0.717, 1.165) is 0 Å². The number of carbonyl (C=O) groups is 2. The monoisotopic (exact) mass is 249 g/mol. The minimum atomic E-state index is -1.21. The highest BCUT2D eigenvalue weighted by molar-refractivity contribution is 5.87. The van der Waals surface area contributed by atoms with Gasteiger partial charge in [-0.25, -0.2) is 4.79 Å². The van der Waals surface area contributed by atoms with Crippen LogP contribution in [0, 0.1) is 0 Å². The molecule has 6 heteroatoms. The third-order valence-corrected chi connectivity index (χ3v) is 2.35. The molecule has 0 aliphatic carbocycles. The fourth-order valence-electron chi connectivity index (χ4n) is 1.58. The Morgan fingerprint density at radius 2 is 2.06 bits per heavy atom. The second-order valence-corrected chi connectivity index (χ2v) is 3.58. The van der Waals surface area contributed by atoms with Crippen molar-refractivity contribution in [3.8, 4) is 0 Å². The number of hydrogen-bond acceptors (Lipinski definition) is 6. The molecule has 1 unspecified atom stereocenters. The maximum absolute atomic E-state index is 11.6. The highest BCUT2D eigenvalue weighted by atomic mass is 16.6. The van der Waals surface area contributed by atoms with Gasteiger partial charge in [-0.15, -0.1) is 0 Å². The van der Waals surface area contributed by atoms with Crippen LogP contribution in [0.3, 0.4) is 0 Å². The molecule has 0 radical (unpaired) electrons. The number of hydrogen-bond donors (Lipinski definition) is 0. The number of rotatable bonds is 3. The standard InChI is InChI=1S/C12H11NO5/c1-7(14)17-11(12(15)16-2)10-8-5-3-4-6-9(8)18-13-10/h3-6,11H,1-2H3. The summed E-state index contributed by atoms with van der Waals surface area (Å²) in [6, 6.07) is 6.97. The maximum Gasteiger partial charge on any atom is 0.353 e. The average Bonchev–Trinajstić information content (AvgIpc) is 2.78. The Morgan fingerprint density at radius 3 is 2.72 bits per heavy atom. The van der Waals surface area contributed by atoms with Crippen LogP contribution in [-0.2, 0) is 19.1 Å². The molecule has 2 aromatic rings. The van der Waals surface area contributed by atoms with E-state index in [-0.39, 0.29) is 5.69 Å². The minimum Gasteiger partial charge on any atom is -0.466 e. The van der Waals surface area contributed by atoms with Crippen LogP contribution < -0.4 is 0 Å². The molecule has 0 spiro atoms. The number of nitrogens with zero attached hydrogens (tertiary/aromatic N) is 1. The van der Waals surface area contributed by atoms with Crippen molar-refractivity contribution in [2.75, 3.05) is 7.11 Å². The lowest BCUT2D eigenvalue weighted by atomic mass is 10.1. The third-order valence-electron chi connectivity index (χ3n) is 2.35. The first kappa shape index (κ1) is 12.1. The third kappa shape index (κ3) is 2.17. The molecule has 0 amide bonds. The minimum absolute atomic E-state index is 0.229. The molecule has 1 heterocycles. The molecule has 94 valence electrons. The van der Waals surface area contributed by atoms with Gasteiger partial charge in [-0.1, -0.05) is 17.3 Å². The van der Waals surface area contributed by atoms with E-state index < -0.39 is 18.0 Å². The summed E-state index contributed by atoms with van der Waals surface area (Å²) >= 11 is 0.